The van der Waals surface area contributed by atoms with E-state index in [9.17, 15) is 18.3 Å². The summed E-state index contributed by atoms with van der Waals surface area (Å²) in [7, 11) is 0. The summed E-state index contributed by atoms with van der Waals surface area (Å²) in [6, 6.07) is 7.97. The average molecular weight is 266 g/mol. The van der Waals surface area contributed by atoms with Crippen LogP contribution in [-0.2, 0) is 6.42 Å². The van der Waals surface area contributed by atoms with E-state index in [4.69, 9.17) is 0 Å². The molecule has 2 rings (SSSR count). The van der Waals surface area contributed by atoms with Crippen molar-refractivity contribution in [2.75, 3.05) is 0 Å². The number of benzene rings is 2. The van der Waals surface area contributed by atoms with Gasteiger partial charge in [-0.1, -0.05) is 31.2 Å². The molecule has 0 spiro atoms. The van der Waals surface area contributed by atoms with Crippen LogP contribution in [0.2, 0.25) is 0 Å². The van der Waals surface area contributed by atoms with Crippen molar-refractivity contribution >= 4 is 0 Å². The predicted molar refractivity (Wildman–Crippen MR) is 66.2 cm³/mol. The van der Waals surface area contributed by atoms with Gasteiger partial charge in [-0.2, -0.15) is 0 Å². The predicted octanol–water partition coefficient (Wildman–Crippen LogP) is 3.75. The van der Waals surface area contributed by atoms with E-state index in [0.29, 0.717) is 24.1 Å². The van der Waals surface area contributed by atoms with E-state index in [2.05, 4.69) is 0 Å². The molecular formula is C15H13F3O. The van der Waals surface area contributed by atoms with Crippen molar-refractivity contribution in [3.8, 4) is 0 Å². The maximum absolute atomic E-state index is 13.6. The molecule has 100 valence electrons. The molecule has 2 aromatic carbocycles. The molecule has 1 nitrogen and oxygen atoms in total. The summed E-state index contributed by atoms with van der Waals surface area (Å²) in [5.41, 5.74) is 0.690. The van der Waals surface area contributed by atoms with Crippen LogP contribution in [-0.4, -0.2) is 5.11 Å². The van der Waals surface area contributed by atoms with Crippen molar-refractivity contribution in [1.82, 2.24) is 0 Å². The van der Waals surface area contributed by atoms with Gasteiger partial charge in [-0.05, 0) is 17.5 Å². The quantitative estimate of drug-likeness (QED) is 0.897. The maximum Gasteiger partial charge on any atom is 0.135 e. The van der Waals surface area contributed by atoms with E-state index < -0.39 is 29.1 Å². The highest BCUT2D eigenvalue weighted by molar-refractivity contribution is 5.37. The van der Waals surface area contributed by atoms with Crippen LogP contribution in [0.5, 0.6) is 0 Å². The molecule has 0 aliphatic rings. The van der Waals surface area contributed by atoms with E-state index in [1.807, 2.05) is 6.92 Å². The molecule has 0 bridgehead atoms. The highest BCUT2D eigenvalue weighted by atomic mass is 19.1. The minimum atomic E-state index is -1.45. The molecule has 0 heterocycles. The molecule has 2 aromatic rings. The monoisotopic (exact) mass is 266 g/mol. The molecule has 0 radical (unpaired) electrons. The Morgan fingerprint density at radius 3 is 2.21 bits per heavy atom. The van der Waals surface area contributed by atoms with Gasteiger partial charge in [0.05, 0.1) is 5.56 Å². The van der Waals surface area contributed by atoms with Gasteiger partial charge in [-0.3, -0.25) is 0 Å². The summed E-state index contributed by atoms with van der Waals surface area (Å²) in [5, 5.41) is 10.2. The van der Waals surface area contributed by atoms with E-state index in [-0.39, 0.29) is 0 Å². The minimum absolute atomic E-state index is 0.425. The van der Waals surface area contributed by atoms with Crippen LogP contribution in [0.15, 0.2) is 36.4 Å². The van der Waals surface area contributed by atoms with Crippen LogP contribution in [0, 0.1) is 17.5 Å². The summed E-state index contributed by atoms with van der Waals surface area (Å²) >= 11 is 0. The molecule has 0 saturated carbocycles. The highest BCUT2D eigenvalue weighted by Gasteiger charge is 2.22. The van der Waals surface area contributed by atoms with Gasteiger partial charge in [0.2, 0.25) is 0 Å². The van der Waals surface area contributed by atoms with Crippen LogP contribution < -0.4 is 0 Å². The first-order valence-electron chi connectivity index (χ1n) is 5.95. The number of rotatable bonds is 3. The minimum Gasteiger partial charge on any atom is -0.383 e. The zero-order valence-electron chi connectivity index (χ0n) is 10.3. The molecule has 0 saturated heterocycles. The number of aliphatic hydroxyl groups is 1. The Morgan fingerprint density at radius 2 is 1.63 bits per heavy atom. The molecule has 19 heavy (non-hydrogen) atoms. The van der Waals surface area contributed by atoms with Crippen molar-refractivity contribution in [3.05, 3.63) is 70.5 Å². The van der Waals surface area contributed by atoms with E-state index in [1.54, 1.807) is 24.3 Å². The second kappa shape index (κ2) is 5.45. The van der Waals surface area contributed by atoms with Crippen LogP contribution in [0.3, 0.4) is 0 Å². The molecular weight excluding hydrogens is 253 g/mol. The lowest BCUT2D eigenvalue weighted by atomic mass is 9.95. The second-order valence-electron chi connectivity index (χ2n) is 4.24. The summed E-state index contributed by atoms with van der Waals surface area (Å²) in [4.78, 5) is 0. The highest BCUT2D eigenvalue weighted by Crippen LogP contribution is 2.29. The Morgan fingerprint density at radius 1 is 1.05 bits per heavy atom. The first kappa shape index (κ1) is 13.6. The molecule has 1 unspecified atom stereocenters. The molecule has 4 heteroatoms. The maximum atomic E-state index is 13.6. The Bertz CT molecular complexity index is 573. The molecule has 0 fully saturated rings. The van der Waals surface area contributed by atoms with E-state index >= 15 is 0 Å². The lowest BCUT2D eigenvalue weighted by Gasteiger charge is -2.16. The number of aryl methyl sites for hydroxylation is 1. The van der Waals surface area contributed by atoms with Gasteiger partial charge in [0.15, 0.2) is 0 Å². The van der Waals surface area contributed by atoms with Crippen molar-refractivity contribution in [3.63, 3.8) is 0 Å². The van der Waals surface area contributed by atoms with Gasteiger partial charge in [-0.15, -0.1) is 0 Å². The third-order valence-corrected chi connectivity index (χ3v) is 3.05. The average Bonchev–Trinajstić information content (AvgIpc) is 2.37. The number of aliphatic hydroxyl groups excluding tert-OH is 1. The fraction of sp³-hybridized carbons (Fsp3) is 0.200. The SMILES string of the molecule is CCc1ccccc1C(O)c1c(F)cc(F)cc1F. The summed E-state index contributed by atoms with van der Waals surface area (Å²) in [6.07, 6.45) is -0.825. The normalized spacial score (nSPS) is 12.5. The fourth-order valence-corrected chi connectivity index (χ4v) is 2.09. The smallest absolute Gasteiger partial charge is 0.135 e. The first-order chi connectivity index (χ1) is 9.04. The number of halogens is 3. The fourth-order valence-electron chi connectivity index (χ4n) is 2.09. The summed E-state index contributed by atoms with van der Waals surface area (Å²) < 4.78 is 40.1. The zero-order valence-corrected chi connectivity index (χ0v) is 10.3. The van der Waals surface area contributed by atoms with Gasteiger partial charge in [-0.25, -0.2) is 13.2 Å². The Balaban J connectivity index is 2.53. The van der Waals surface area contributed by atoms with Gasteiger partial charge < -0.3 is 5.11 Å². The number of hydrogen-bond acceptors (Lipinski definition) is 1. The van der Waals surface area contributed by atoms with Crippen molar-refractivity contribution in [1.29, 1.82) is 0 Å². The largest absolute Gasteiger partial charge is 0.383 e. The van der Waals surface area contributed by atoms with Crippen molar-refractivity contribution < 1.29 is 18.3 Å². The third kappa shape index (κ3) is 2.63. The van der Waals surface area contributed by atoms with Crippen molar-refractivity contribution in [2.24, 2.45) is 0 Å². The van der Waals surface area contributed by atoms with Crippen LogP contribution in [0.4, 0.5) is 13.2 Å². The summed E-state index contributed by atoms with van der Waals surface area (Å²) in [6.45, 7) is 1.88. The van der Waals surface area contributed by atoms with Gasteiger partial charge >= 0.3 is 0 Å². The molecule has 0 aromatic heterocycles. The van der Waals surface area contributed by atoms with Gasteiger partial charge in [0.25, 0.3) is 0 Å². The van der Waals surface area contributed by atoms with Gasteiger partial charge in [0.1, 0.15) is 23.6 Å². The lowest BCUT2D eigenvalue weighted by Crippen LogP contribution is -2.08. The number of hydrogen-bond donors (Lipinski definition) is 1. The van der Waals surface area contributed by atoms with Crippen LogP contribution >= 0.6 is 0 Å². The zero-order chi connectivity index (χ0) is 14.0. The standard InChI is InChI=1S/C15H13F3O/c1-2-9-5-3-4-6-11(9)15(19)14-12(17)7-10(16)8-13(14)18/h3-8,15,19H,2H2,1H3. The Labute approximate surface area is 109 Å². The topological polar surface area (TPSA) is 20.2 Å². The van der Waals surface area contributed by atoms with Crippen LogP contribution in [0.1, 0.15) is 29.7 Å². The lowest BCUT2D eigenvalue weighted by molar-refractivity contribution is 0.207. The molecule has 0 aliphatic carbocycles. The van der Waals surface area contributed by atoms with E-state index in [0.717, 1.165) is 5.56 Å². The molecule has 0 aliphatic heterocycles. The molecule has 0 amide bonds. The Kier molecular flexibility index (Phi) is 3.90. The van der Waals surface area contributed by atoms with E-state index in [1.165, 1.54) is 0 Å². The molecule has 1 N–H and O–H groups in total. The third-order valence-electron chi connectivity index (χ3n) is 3.05. The Hall–Kier alpha value is -1.81. The van der Waals surface area contributed by atoms with Crippen molar-refractivity contribution in [2.45, 2.75) is 19.4 Å². The summed E-state index contributed by atoms with van der Waals surface area (Å²) in [5.74, 6) is -3.18. The van der Waals surface area contributed by atoms with Crippen LogP contribution in [0.25, 0.3) is 0 Å². The second-order valence-corrected chi connectivity index (χ2v) is 4.24. The van der Waals surface area contributed by atoms with Gasteiger partial charge in [0, 0.05) is 12.1 Å². The first-order valence-corrected chi connectivity index (χ1v) is 5.95. The molecule has 1 atom stereocenters.